The SMILES string of the molecule is O=C(NS(=O)(=O)c1ccc(NCC2CCOCC2)c([NH2+][O-])c1)c1ccc(N2CCN(C[C@@H]3CC(F)(F)CN3c3ccc(Cl)cc3)CC2)cc1Oc1cnc2[nH]ccc2c1. The zero-order valence-corrected chi connectivity index (χ0v) is 33.7. The van der Waals surface area contributed by atoms with E-state index >= 15 is 0 Å². The molecule has 3 aliphatic rings. The molecule has 0 unspecified atom stereocenters. The number of nitrogens with two attached hydrogens (primary N) is 1. The second-order valence-electron chi connectivity index (χ2n) is 15.2. The van der Waals surface area contributed by atoms with Crippen LogP contribution in [0.3, 0.4) is 0 Å². The van der Waals surface area contributed by atoms with Crippen molar-refractivity contribution in [2.45, 2.75) is 36.1 Å². The molecule has 3 aliphatic heterocycles. The monoisotopic (exact) mass is 850 g/mol. The van der Waals surface area contributed by atoms with E-state index in [0.29, 0.717) is 91.7 Å². The van der Waals surface area contributed by atoms with Gasteiger partial charge in [-0.05, 0) is 79.4 Å². The summed E-state index contributed by atoms with van der Waals surface area (Å²) < 4.78 is 70.5. The van der Waals surface area contributed by atoms with Crippen molar-refractivity contribution in [2.75, 3.05) is 74.1 Å². The van der Waals surface area contributed by atoms with Crippen LogP contribution >= 0.6 is 11.6 Å². The fourth-order valence-corrected chi connectivity index (χ4v) is 9.10. The number of H-pyrrole nitrogens is 1. The number of aromatic nitrogens is 2. The third-order valence-electron chi connectivity index (χ3n) is 11.2. The molecule has 312 valence electrons. The molecule has 1 atom stereocenters. The Morgan fingerprint density at radius 1 is 1.02 bits per heavy atom. The van der Waals surface area contributed by atoms with Crippen LogP contribution in [-0.4, -0.2) is 100 Å². The first-order valence-electron chi connectivity index (χ1n) is 19.5. The van der Waals surface area contributed by atoms with Crippen molar-refractivity contribution in [2.24, 2.45) is 5.92 Å². The maximum atomic E-state index is 14.7. The van der Waals surface area contributed by atoms with Gasteiger partial charge in [0.05, 0.1) is 28.9 Å². The van der Waals surface area contributed by atoms with E-state index in [1.807, 2.05) is 6.07 Å². The van der Waals surface area contributed by atoms with Gasteiger partial charge in [-0.2, -0.15) is 0 Å². The van der Waals surface area contributed by atoms with Gasteiger partial charge in [-0.1, -0.05) is 11.6 Å². The number of piperazine rings is 1. The summed E-state index contributed by atoms with van der Waals surface area (Å²) in [5.41, 5.74) is 3.26. The number of nitrogens with one attached hydrogen (secondary N) is 3. The van der Waals surface area contributed by atoms with Gasteiger partial charge in [0, 0.05) is 105 Å². The van der Waals surface area contributed by atoms with Crippen LogP contribution < -0.4 is 30.1 Å². The van der Waals surface area contributed by atoms with Crippen LogP contribution in [0.2, 0.25) is 5.02 Å². The number of hydrogen-bond donors (Lipinski definition) is 4. The summed E-state index contributed by atoms with van der Waals surface area (Å²) in [7, 11) is -4.43. The van der Waals surface area contributed by atoms with Crippen LogP contribution in [0.4, 0.5) is 31.5 Å². The number of carbonyl (C=O) groups is 1. The third-order valence-corrected chi connectivity index (χ3v) is 12.7. The predicted molar refractivity (Wildman–Crippen MR) is 221 cm³/mol. The zero-order valence-electron chi connectivity index (χ0n) is 32.1. The number of alkyl halides is 2. The zero-order chi connectivity index (χ0) is 41.1. The molecule has 2 aromatic heterocycles. The molecule has 8 rings (SSSR count). The van der Waals surface area contributed by atoms with Crippen LogP contribution in [0.5, 0.6) is 11.5 Å². The van der Waals surface area contributed by atoms with E-state index in [-0.39, 0.29) is 40.9 Å². The second-order valence-corrected chi connectivity index (χ2v) is 17.3. The molecule has 0 saturated carbocycles. The third kappa shape index (κ3) is 9.56. The van der Waals surface area contributed by atoms with Crippen LogP contribution in [0.25, 0.3) is 11.0 Å². The van der Waals surface area contributed by atoms with Crippen molar-refractivity contribution in [1.82, 2.24) is 19.6 Å². The maximum Gasteiger partial charge on any atom is 0.268 e. The van der Waals surface area contributed by atoms with Crippen molar-refractivity contribution in [1.29, 1.82) is 0 Å². The molecule has 0 aliphatic carbocycles. The summed E-state index contributed by atoms with van der Waals surface area (Å²) in [5, 5.41) is 16.6. The van der Waals surface area contributed by atoms with Crippen LogP contribution in [0.15, 0.2) is 90.1 Å². The van der Waals surface area contributed by atoms with Crippen LogP contribution in [0, 0.1) is 11.1 Å². The molecule has 14 nitrogen and oxygen atoms in total. The minimum atomic E-state index is -4.43. The maximum absolute atomic E-state index is 14.7. The molecule has 1 amide bonds. The normalized spacial score (nSPS) is 18.9. The number of fused-ring (bicyclic) bond motifs is 1. The summed E-state index contributed by atoms with van der Waals surface area (Å²) >= 11 is 6.06. The largest absolute Gasteiger partial charge is 0.630 e. The number of aromatic amines is 1. The molecule has 5 aromatic rings. The summed E-state index contributed by atoms with van der Waals surface area (Å²) in [6.45, 7) is 4.42. The Bertz CT molecular complexity index is 2390. The number of anilines is 3. The van der Waals surface area contributed by atoms with E-state index in [4.69, 9.17) is 21.1 Å². The highest BCUT2D eigenvalue weighted by Crippen LogP contribution is 2.37. The number of halogens is 3. The topological polar surface area (TPSA) is 172 Å². The molecule has 3 saturated heterocycles. The number of sulfonamides is 1. The molecule has 0 bridgehead atoms. The fourth-order valence-electron chi connectivity index (χ4n) is 7.97. The number of carbonyl (C=O) groups excluding carboxylic acids is 1. The Labute approximate surface area is 345 Å². The summed E-state index contributed by atoms with van der Waals surface area (Å²) in [6, 6.07) is 19.2. The van der Waals surface area contributed by atoms with Crippen LogP contribution in [0.1, 0.15) is 29.6 Å². The Balaban J connectivity index is 0.979. The van der Waals surface area contributed by atoms with Gasteiger partial charge in [0.15, 0.2) is 5.69 Å². The first-order valence-corrected chi connectivity index (χ1v) is 21.4. The van der Waals surface area contributed by atoms with Crippen molar-refractivity contribution < 1.29 is 36.9 Å². The Morgan fingerprint density at radius 3 is 2.54 bits per heavy atom. The average molecular weight is 851 g/mol. The highest BCUT2D eigenvalue weighted by molar-refractivity contribution is 7.90. The van der Waals surface area contributed by atoms with E-state index in [9.17, 15) is 27.2 Å². The van der Waals surface area contributed by atoms with E-state index in [0.717, 1.165) is 23.9 Å². The Kier molecular flexibility index (Phi) is 11.9. The molecule has 5 heterocycles. The lowest BCUT2D eigenvalue weighted by Gasteiger charge is -2.38. The number of pyridine rings is 1. The summed E-state index contributed by atoms with van der Waals surface area (Å²) in [6.07, 6.45) is 4.78. The predicted octanol–water partition coefficient (Wildman–Crippen LogP) is 5.69. The standard InChI is InChI=1S/C41H45ClF2N8O6S/c42-29-1-3-30(4-2-29)52-26-41(43,44)22-32(52)25-50-13-15-51(16-14-50)31-5-7-35(38(20-31)58-33-19-28-9-12-45-39(28)47-24-33)40(53)49-59(55,56)34-6-8-36(37(21-34)48-54)46-23-27-10-17-57-18-11-27/h1-9,12,19-21,24,27,32,46H,10-11,13-18,22-23,25-26,48H2,(H,45,47)(H,49,53)/t32-/m0/s1. The van der Waals surface area contributed by atoms with Crippen molar-refractivity contribution in [3.05, 3.63) is 101 Å². The van der Waals surface area contributed by atoms with Gasteiger partial charge in [-0.25, -0.2) is 26.9 Å². The number of hydrogen-bond acceptors (Lipinski definition) is 11. The van der Waals surface area contributed by atoms with E-state index < -0.39 is 21.9 Å². The van der Waals surface area contributed by atoms with Gasteiger partial charge in [0.25, 0.3) is 21.9 Å². The highest BCUT2D eigenvalue weighted by atomic mass is 35.5. The second kappa shape index (κ2) is 17.3. The number of quaternary nitrogens is 1. The van der Waals surface area contributed by atoms with Gasteiger partial charge in [0.2, 0.25) is 0 Å². The highest BCUT2D eigenvalue weighted by Gasteiger charge is 2.45. The Morgan fingerprint density at radius 2 is 1.78 bits per heavy atom. The molecule has 3 fully saturated rings. The van der Waals surface area contributed by atoms with E-state index in [1.54, 1.807) is 53.6 Å². The van der Waals surface area contributed by atoms with E-state index in [2.05, 4.69) is 29.8 Å². The molecule has 0 spiro atoms. The first kappa shape index (κ1) is 40.7. The molecule has 5 N–H and O–H groups in total. The lowest BCUT2D eigenvalue weighted by Crippen LogP contribution is -2.70. The molecule has 18 heteroatoms. The Hall–Kier alpha value is -5.04. The molecule has 59 heavy (non-hydrogen) atoms. The van der Waals surface area contributed by atoms with Crippen molar-refractivity contribution >= 4 is 61.3 Å². The number of benzene rings is 3. The van der Waals surface area contributed by atoms with Gasteiger partial charge in [-0.15, -0.1) is 0 Å². The van der Waals surface area contributed by atoms with Gasteiger partial charge < -0.3 is 40.3 Å². The van der Waals surface area contributed by atoms with E-state index in [1.165, 1.54) is 30.5 Å². The van der Waals surface area contributed by atoms with Gasteiger partial charge in [-0.3, -0.25) is 9.69 Å². The van der Waals surface area contributed by atoms with Gasteiger partial charge in [0.1, 0.15) is 17.1 Å². The number of rotatable bonds is 13. The molecule has 3 aromatic carbocycles. The molecule has 0 radical (unpaired) electrons. The minimum Gasteiger partial charge on any atom is -0.630 e. The number of ether oxygens (including phenoxy) is 2. The molecular formula is C41H45ClF2N8O6S. The quantitative estimate of drug-likeness (QED) is 0.0847. The fraction of sp³-hybridized carbons (Fsp3) is 0.366. The lowest BCUT2D eigenvalue weighted by molar-refractivity contribution is -0.496. The van der Waals surface area contributed by atoms with Crippen LogP contribution in [-0.2, 0) is 14.8 Å². The summed E-state index contributed by atoms with van der Waals surface area (Å²) in [4.78, 5) is 27.0. The number of amides is 1. The minimum absolute atomic E-state index is 0.0417. The lowest BCUT2D eigenvalue weighted by atomic mass is 10.0. The number of nitrogens with zero attached hydrogens (tertiary/aromatic N) is 4. The summed E-state index contributed by atoms with van der Waals surface area (Å²) in [5.74, 6) is -2.94. The average Bonchev–Trinajstić information content (AvgIpc) is 3.83. The smallest absolute Gasteiger partial charge is 0.268 e. The van der Waals surface area contributed by atoms with Crippen molar-refractivity contribution in [3.63, 3.8) is 0 Å². The molecular weight excluding hydrogens is 806 g/mol. The van der Waals surface area contributed by atoms with Crippen molar-refractivity contribution in [3.8, 4) is 11.5 Å². The van der Waals surface area contributed by atoms with Gasteiger partial charge >= 0.3 is 0 Å². The first-order chi connectivity index (χ1) is 28.4.